The summed E-state index contributed by atoms with van der Waals surface area (Å²) in [6.45, 7) is 7.21. The summed E-state index contributed by atoms with van der Waals surface area (Å²) in [4.78, 5) is 11.5. The van der Waals surface area contributed by atoms with Crippen molar-refractivity contribution in [2.24, 2.45) is 0 Å². The molecule has 0 bridgehead atoms. The molecule has 0 N–H and O–H groups in total. The van der Waals surface area contributed by atoms with Crippen molar-refractivity contribution in [3.63, 3.8) is 0 Å². The van der Waals surface area contributed by atoms with Gasteiger partial charge in [0.05, 0.1) is 11.5 Å². The summed E-state index contributed by atoms with van der Waals surface area (Å²) in [7, 11) is 0. The summed E-state index contributed by atoms with van der Waals surface area (Å²) in [5, 5.41) is 9.85. The quantitative estimate of drug-likeness (QED) is 0.801. The molecule has 1 aliphatic heterocycles. The molecule has 1 aliphatic carbocycles. The number of ether oxygens (including phenoxy) is 1. The first-order valence-electron chi connectivity index (χ1n) is 10.3. The van der Waals surface area contributed by atoms with Crippen LogP contribution in [0.1, 0.15) is 62.2 Å². The number of rotatable bonds is 5. The Morgan fingerprint density at radius 1 is 1.15 bits per heavy atom. The van der Waals surface area contributed by atoms with Crippen LogP contribution in [0.15, 0.2) is 6.33 Å². The molecule has 0 amide bonds. The molecule has 0 unspecified atom stereocenters. The highest BCUT2D eigenvalue weighted by atomic mass is 16.5. The average Bonchev–Trinajstić information content (AvgIpc) is 3.29. The smallest absolute Gasteiger partial charge is 0.226 e. The number of hydrogen-bond acceptors (Lipinski definition) is 5. The molecule has 0 radical (unpaired) electrons. The first kappa shape index (κ1) is 18.2. The van der Waals surface area contributed by atoms with Gasteiger partial charge in [-0.15, -0.1) is 0 Å². The lowest BCUT2D eigenvalue weighted by Crippen LogP contribution is -2.38. The highest BCUT2D eigenvalue weighted by Gasteiger charge is 2.27. The number of piperidine rings is 1. The van der Waals surface area contributed by atoms with E-state index in [0.29, 0.717) is 12.5 Å². The number of fused-ring (bicyclic) bond motifs is 1. The Morgan fingerprint density at radius 2 is 1.89 bits per heavy atom. The van der Waals surface area contributed by atoms with Crippen LogP contribution in [0.4, 0.5) is 0 Å². The molecular weight excluding hydrogens is 338 g/mol. The zero-order chi connectivity index (χ0) is 18.8. The van der Waals surface area contributed by atoms with Gasteiger partial charge in [0.15, 0.2) is 0 Å². The van der Waals surface area contributed by atoms with Gasteiger partial charge in [-0.2, -0.15) is 5.26 Å². The van der Waals surface area contributed by atoms with Crippen molar-refractivity contribution in [2.45, 2.75) is 70.9 Å². The van der Waals surface area contributed by atoms with Crippen LogP contribution in [0.3, 0.4) is 0 Å². The van der Waals surface area contributed by atoms with Gasteiger partial charge < -0.3 is 14.2 Å². The topological polar surface area (TPSA) is 67.0 Å². The molecule has 2 aromatic heterocycles. The minimum absolute atomic E-state index is 0.191. The SMILES string of the molecule is Cc1c(C)n(C2CCCC2)c2ncnc(OC3CCN(CCC#N)CC3)c12. The molecule has 2 aromatic rings. The lowest BCUT2D eigenvalue weighted by Gasteiger charge is -2.31. The average molecular weight is 367 g/mol. The van der Waals surface area contributed by atoms with E-state index in [1.807, 2.05) is 0 Å². The van der Waals surface area contributed by atoms with E-state index in [-0.39, 0.29) is 6.10 Å². The van der Waals surface area contributed by atoms with Crippen molar-refractivity contribution < 1.29 is 4.74 Å². The van der Waals surface area contributed by atoms with Crippen molar-refractivity contribution >= 4 is 11.0 Å². The van der Waals surface area contributed by atoms with E-state index in [0.717, 1.165) is 49.4 Å². The predicted octanol–water partition coefficient (Wildman–Crippen LogP) is 3.92. The fourth-order valence-electron chi connectivity index (χ4n) is 4.71. The maximum Gasteiger partial charge on any atom is 0.226 e. The fourth-order valence-corrected chi connectivity index (χ4v) is 4.71. The van der Waals surface area contributed by atoms with E-state index in [1.54, 1.807) is 6.33 Å². The molecular formula is C21H29N5O. The Morgan fingerprint density at radius 3 is 2.59 bits per heavy atom. The van der Waals surface area contributed by atoms with Crippen LogP contribution in [0, 0.1) is 25.2 Å². The summed E-state index contributed by atoms with van der Waals surface area (Å²) in [5.74, 6) is 0.743. The number of likely N-dealkylation sites (tertiary alicyclic amines) is 1. The van der Waals surface area contributed by atoms with Gasteiger partial charge in [-0.25, -0.2) is 9.97 Å². The van der Waals surface area contributed by atoms with Crippen molar-refractivity contribution in [1.82, 2.24) is 19.4 Å². The Labute approximate surface area is 161 Å². The lowest BCUT2D eigenvalue weighted by atomic mass is 10.1. The van der Waals surface area contributed by atoms with Crippen molar-refractivity contribution in [3.05, 3.63) is 17.6 Å². The monoisotopic (exact) mass is 367 g/mol. The second-order valence-electron chi connectivity index (χ2n) is 7.96. The van der Waals surface area contributed by atoms with Gasteiger partial charge in [-0.3, -0.25) is 0 Å². The molecule has 1 saturated carbocycles. The third-order valence-corrected chi connectivity index (χ3v) is 6.34. The molecule has 4 rings (SSSR count). The summed E-state index contributed by atoms with van der Waals surface area (Å²) in [5.41, 5.74) is 3.58. The van der Waals surface area contributed by atoms with Gasteiger partial charge in [0.25, 0.3) is 0 Å². The van der Waals surface area contributed by atoms with Gasteiger partial charge >= 0.3 is 0 Å². The number of aromatic nitrogens is 3. The Balaban J connectivity index is 1.55. The van der Waals surface area contributed by atoms with E-state index in [9.17, 15) is 0 Å². The van der Waals surface area contributed by atoms with Crippen LogP contribution in [0.25, 0.3) is 11.0 Å². The Bertz CT molecular complexity index is 838. The third-order valence-electron chi connectivity index (χ3n) is 6.34. The molecule has 6 nitrogen and oxygen atoms in total. The third kappa shape index (κ3) is 3.53. The van der Waals surface area contributed by atoms with Gasteiger partial charge in [0.2, 0.25) is 5.88 Å². The maximum absolute atomic E-state index is 8.76. The van der Waals surface area contributed by atoms with Crippen LogP contribution in [-0.2, 0) is 0 Å². The maximum atomic E-state index is 8.76. The molecule has 0 aromatic carbocycles. The van der Waals surface area contributed by atoms with E-state index in [2.05, 4.69) is 39.4 Å². The molecule has 0 spiro atoms. The van der Waals surface area contributed by atoms with Crippen molar-refractivity contribution in [1.29, 1.82) is 5.26 Å². The summed E-state index contributed by atoms with van der Waals surface area (Å²) >= 11 is 0. The second-order valence-corrected chi connectivity index (χ2v) is 7.96. The number of nitriles is 1. The van der Waals surface area contributed by atoms with Crippen LogP contribution >= 0.6 is 0 Å². The molecule has 1 saturated heterocycles. The highest BCUT2D eigenvalue weighted by molar-refractivity contribution is 5.86. The van der Waals surface area contributed by atoms with Gasteiger partial charge in [0.1, 0.15) is 18.1 Å². The summed E-state index contributed by atoms with van der Waals surface area (Å²) in [6.07, 6.45) is 9.52. The molecule has 0 atom stereocenters. The van der Waals surface area contributed by atoms with E-state index >= 15 is 0 Å². The first-order chi connectivity index (χ1) is 13.2. The normalized spacial score (nSPS) is 19.6. The minimum Gasteiger partial charge on any atom is -0.474 e. The summed E-state index contributed by atoms with van der Waals surface area (Å²) in [6, 6.07) is 2.79. The molecule has 2 fully saturated rings. The lowest BCUT2D eigenvalue weighted by molar-refractivity contribution is 0.0993. The van der Waals surface area contributed by atoms with Crippen LogP contribution in [-0.4, -0.2) is 45.2 Å². The largest absolute Gasteiger partial charge is 0.474 e. The Kier molecular flexibility index (Phi) is 5.31. The van der Waals surface area contributed by atoms with Crippen LogP contribution < -0.4 is 4.74 Å². The van der Waals surface area contributed by atoms with Crippen molar-refractivity contribution in [3.8, 4) is 11.9 Å². The second kappa shape index (κ2) is 7.85. The fraction of sp³-hybridized carbons (Fsp3) is 0.667. The van der Waals surface area contributed by atoms with Crippen LogP contribution in [0.5, 0.6) is 5.88 Å². The molecule has 144 valence electrons. The standard InChI is InChI=1S/C21H29N5O/c1-15-16(2)26(17-6-3-4-7-17)20-19(15)21(24-14-23-20)27-18-8-12-25(13-9-18)11-5-10-22/h14,17-18H,3-9,11-13H2,1-2H3. The van der Waals surface area contributed by atoms with Crippen molar-refractivity contribution in [2.75, 3.05) is 19.6 Å². The van der Waals surface area contributed by atoms with Gasteiger partial charge in [0, 0.05) is 37.8 Å². The molecule has 3 heterocycles. The zero-order valence-electron chi connectivity index (χ0n) is 16.4. The highest BCUT2D eigenvalue weighted by Crippen LogP contribution is 2.38. The zero-order valence-corrected chi connectivity index (χ0v) is 16.4. The minimum atomic E-state index is 0.191. The first-order valence-corrected chi connectivity index (χ1v) is 10.3. The van der Waals surface area contributed by atoms with Crippen LogP contribution in [0.2, 0.25) is 0 Å². The molecule has 27 heavy (non-hydrogen) atoms. The predicted molar refractivity (Wildman–Crippen MR) is 105 cm³/mol. The van der Waals surface area contributed by atoms with E-state index in [1.165, 1.54) is 36.9 Å². The molecule has 6 heteroatoms. The summed E-state index contributed by atoms with van der Waals surface area (Å²) < 4.78 is 8.80. The number of hydrogen-bond donors (Lipinski definition) is 0. The number of aryl methyl sites for hydroxylation is 1. The number of nitrogens with zero attached hydrogens (tertiary/aromatic N) is 5. The van der Waals surface area contributed by atoms with E-state index < -0.39 is 0 Å². The molecule has 2 aliphatic rings. The van der Waals surface area contributed by atoms with Gasteiger partial charge in [-0.05, 0) is 45.1 Å². The van der Waals surface area contributed by atoms with E-state index in [4.69, 9.17) is 10.00 Å². The Hall–Kier alpha value is -2.13. The van der Waals surface area contributed by atoms with Gasteiger partial charge in [-0.1, -0.05) is 12.8 Å².